The third-order valence-corrected chi connectivity index (χ3v) is 7.65. The highest BCUT2D eigenvalue weighted by Crippen LogP contribution is 2.31. The van der Waals surface area contributed by atoms with E-state index < -0.39 is 0 Å². The molecular weight excluding hydrogens is 436 g/mol. The van der Waals surface area contributed by atoms with Crippen molar-refractivity contribution in [3.8, 4) is 0 Å². The Morgan fingerprint density at radius 3 is 1.31 bits per heavy atom. The maximum atomic E-state index is 5.87. The van der Waals surface area contributed by atoms with Crippen LogP contribution in [0.3, 0.4) is 0 Å². The summed E-state index contributed by atoms with van der Waals surface area (Å²) in [6.45, 7) is 6.81. The molecule has 0 spiro atoms. The summed E-state index contributed by atoms with van der Waals surface area (Å²) >= 11 is 0. The van der Waals surface area contributed by atoms with Gasteiger partial charge < -0.3 is 11.5 Å². The molecule has 2 nitrogen and oxygen atoms in total. The second-order valence-corrected chi connectivity index (χ2v) is 10.2. The van der Waals surface area contributed by atoms with Crippen LogP contribution in [0.4, 0.5) is 11.4 Å². The van der Waals surface area contributed by atoms with Crippen LogP contribution in [0.1, 0.15) is 91.2 Å². The van der Waals surface area contributed by atoms with Gasteiger partial charge in [0.2, 0.25) is 0 Å². The Morgan fingerprint density at radius 2 is 0.889 bits per heavy atom. The topological polar surface area (TPSA) is 52.0 Å². The lowest BCUT2D eigenvalue weighted by atomic mass is 9.85. The molecule has 186 valence electrons. The summed E-state index contributed by atoms with van der Waals surface area (Å²) in [6, 6.07) is 35.0. The van der Waals surface area contributed by atoms with E-state index >= 15 is 0 Å². The first-order valence-electron chi connectivity index (χ1n) is 13.3. The molecule has 36 heavy (non-hydrogen) atoms. The lowest BCUT2D eigenvalue weighted by Gasteiger charge is -2.20. The monoisotopic (exact) mass is 476 g/mol. The molecule has 4 aromatic carbocycles. The second kappa shape index (κ2) is 11.9. The Kier molecular flexibility index (Phi) is 8.48. The van der Waals surface area contributed by atoms with Gasteiger partial charge >= 0.3 is 0 Å². The molecule has 3 unspecified atom stereocenters. The number of nitrogens with two attached hydrogens (primary N) is 2. The van der Waals surface area contributed by atoms with Gasteiger partial charge in [-0.05, 0) is 76.4 Å². The number of benzene rings is 4. The fourth-order valence-electron chi connectivity index (χ4n) is 5.08. The SMILES string of the molecule is CCCCC(Cc1ccc(C(C)c2ccc(N)cc2)cc1)c1ccc(C(C)c2ccc(N)cc2)cc1. The molecule has 0 aliphatic rings. The highest BCUT2D eigenvalue weighted by atomic mass is 14.5. The molecule has 2 heteroatoms. The third-order valence-electron chi connectivity index (χ3n) is 7.65. The molecule has 0 fully saturated rings. The molecule has 0 heterocycles. The van der Waals surface area contributed by atoms with Crippen LogP contribution in [0, 0.1) is 0 Å². The Morgan fingerprint density at radius 1 is 0.528 bits per heavy atom. The lowest BCUT2D eigenvalue weighted by Crippen LogP contribution is -2.05. The van der Waals surface area contributed by atoms with Gasteiger partial charge in [0.1, 0.15) is 0 Å². The predicted octanol–water partition coefficient (Wildman–Crippen LogP) is 8.67. The number of nitrogen functional groups attached to an aromatic ring is 2. The van der Waals surface area contributed by atoms with Gasteiger partial charge in [0.15, 0.2) is 0 Å². The predicted molar refractivity (Wildman–Crippen MR) is 156 cm³/mol. The van der Waals surface area contributed by atoms with Crippen LogP contribution in [0.15, 0.2) is 97.1 Å². The quantitative estimate of drug-likeness (QED) is 0.225. The fraction of sp³-hybridized carbons (Fsp3) is 0.294. The van der Waals surface area contributed by atoms with Crippen molar-refractivity contribution in [3.63, 3.8) is 0 Å². The van der Waals surface area contributed by atoms with E-state index in [1.165, 1.54) is 52.6 Å². The van der Waals surface area contributed by atoms with E-state index in [1.807, 2.05) is 24.3 Å². The summed E-state index contributed by atoms with van der Waals surface area (Å²) in [6.07, 6.45) is 4.76. The van der Waals surface area contributed by atoms with Crippen LogP contribution in [0.25, 0.3) is 0 Å². The van der Waals surface area contributed by atoms with Crippen LogP contribution in [-0.2, 0) is 6.42 Å². The molecule has 0 saturated heterocycles. The van der Waals surface area contributed by atoms with E-state index in [0.717, 1.165) is 17.8 Å². The maximum Gasteiger partial charge on any atom is 0.0314 e. The molecule has 4 aromatic rings. The van der Waals surface area contributed by atoms with Gasteiger partial charge in [-0.25, -0.2) is 0 Å². The van der Waals surface area contributed by atoms with E-state index in [4.69, 9.17) is 11.5 Å². The first kappa shape index (κ1) is 25.6. The Labute approximate surface area is 217 Å². The van der Waals surface area contributed by atoms with Gasteiger partial charge in [0, 0.05) is 23.2 Å². The zero-order chi connectivity index (χ0) is 25.5. The summed E-state index contributed by atoms with van der Waals surface area (Å²) in [5.74, 6) is 1.24. The first-order valence-corrected chi connectivity index (χ1v) is 13.3. The molecular formula is C34H40N2. The van der Waals surface area contributed by atoms with Crippen molar-refractivity contribution in [2.75, 3.05) is 11.5 Å². The highest BCUT2D eigenvalue weighted by molar-refractivity contribution is 5.44. The second-order valence-electron chi connectivity index (χ2n) is 10.2. The van der Waals surface area contributed by atoms with Crippen molar-refractivity contribution in [2.45, 2.75) is 64.2 Å². The van der Waals surface area contributed by atoms with E-state index in [1.54, 1.807) is 0 Å². The molecule has 0 radical (unpaired) electrons. The molecule has 0 bridgehead atoms. The Bertz CT molecular complexity index is 1210. The summed E-state index contributed by atoms with van der Waals surface area (Å²) in [4.78, 5) is 0. The zero-order valence-electron chi connectivity index (χ0n) is 22.0. The summed E-state index contributed by atoms with van der Waals surface area (Å²) in [5.41, 5.74) is 21.5. The van der Waals surface area contributed by atoms with Crippen molar-refractivity contribution < 1.29 is 0 Å². The van der Waals surface area contributed by atoms with E-state index in [0.29, 0.717) is 17.8 Å². The number of hydrogen-bond acceptors (Lipinski definition) is 2. The van der Waals surface area contributed by atoms with Crippen molar-refractivity contribution in [1.82, 2.24) is 0 Å². The number of unbranched alkanes of at least 4 members (excludes halogenated alkanes) is 1. The van der Waals surface area contributed by atoms with Crippen LogP contribution in [0.2, 0.25) is 0 Å². The largest absolute Gasteiger partial charge is 0.399 e. The number of hydrogen-bond donors (Lipinski definition) is 2. The van der Waals surface area contributed by atoms with E-state index in [9.17, 15) is 0 Å². The molecule has 0 aliphatic carbocycles. The normalized spacial score (nSPS) is 13.8. The Hall–Kier alpha value is -3.52. The average molecular weight is 477 g/mol. The molecule has 3 atom stereocenters. The average Bonchev–Trinajstić information content (AvgIpc) is 2.91. The smallest absolute Gasteiger partial charge is 0.0314 e. The lowest BCUT2D eigenvalue weighted by molar-refractivity contribution is 0.581. The first-order chi connectivity index (χ1) is 17.4. The summed E-state index contributed by atoms with van der Waals surface area (Å²) in [5, 5.41) is 0. The standard InChI is InChI=1S/C34H40N2/c1-4-5-6-32(31-13-11-28(12-14-31)25(3)30-17-21-34(36)22-18-30)23-26-7-9-27(10-8-26)24(2)29-15-19-33(35)20-16-29/h7-22,24-25,32H,4-6,23,35-36H2,1-3H3. The van der Waals surface area contributed by atoms with Crippen molar-refractivity contribution >= 4 is 11.4 Å². The Balaban J connectivity index is 1.47. The molecule has 0 aliphatic heterocycles. The van der Waals surface area contributed by atoms with Gasteiger partial charge in [-0.1, -0.05) is 106 Å². The van der Waals surface area contributed by atoms with Crippen LogP contribution >= 0.6 is 0 Å². The van der Waals surface area contributed by atoms with Gasteiger partial charge in [-0.2, -0.15) is 0 Å². The van der Waals surface area contributed by atoms with Crippen LogP contribution < -0.4 is 11.5 Å². The zero-order valence-corrected chi connectivity index (χ0v) is 22.0. The molecule has 0 saturated carbocycles. The third kappa shape index (κ3) is 6.37. The van der Waals surface area contributed by atoms with Gasteiger partial charge in [-0.3, -0.25) is 0 Å². The molecule has 4 rings (SSSR count). The molecule has 0 amide bonds. The van der Waals surface area contributed by atoms with Gasteiger partial charge in [-0.15, -0.1) is 0 Å². The summed E-state index contributed by atoms with van der Waals surface area (Å²) in [7, 11) is 0. The summed E-state index contributed by atoms with van der Waals surface area (Å²) < 4.78 is 0. The highest BCUT2D eigenvalue weighted by Gasteiger charge is 2.15. The van der Waals surface area contributed by atoms with Crippen molar-refractivity contribution in [3.05, 3.63) is 130 Å². The van der Waals surface area contributed by atoms with Crippen LogP contribution in [0.5, 0.6) is 0 Å². The van der Waals surface area contributed by atoms with E-state index in [-0.39, 0.29) is 0 Å². The van der Waals surface area contributed by atoms with Crippen molar-refractivity contribution in [2.24, 2.45) is 0 Å². The maximum absolute atomic E-state index is 5.87. The minimum absolute atomic E-state index is 0.351. The van der Waals surface area contributed by atoms with Gasteiger partial charge in [0.05, 0.1) is 0 Å². The minimum atomic E-state index is 0.351. The van der Waals surface area contributed by atoms with Gasteiger partial charge in [0.25, 0.3) is 0 Å². The number of rotatable bonds is 10. The fourth-order valence-corrected chi connectivity index (χ4v) is 5.08. The molecule has 0 aromatic heterocycles. The minimum Gasteiger partial charge on any atom is -0.399 e. The van der Waals surface area contributed by atoms with Crippen LogP contribution in [-0.4, -0.2) is 0 Å². The number of anilines is 2. The molecule has 4 N–H and O–H groups in total. The van der Waals surface area contributed by atoms with E-state index in [2.05, 4.69) is 93.6 Å². The van der Waals surface area contributed by atoms with Crippen molar-refractivity contribution in [1.29, 1.82) is 0 Å².